The average Bonchev–Trinajstić information content (AvgIpc) is 3.27. The summed E-state index contributed by atoms with van der Waals surface area (Å²) in [6, 6.07) is 11.0. The smallest absolute Gasteiger partial charge is 0.255 e. The maximum atomic E-state index is 13.1. The lowest BCUT2D eigenvalue weighted by Gasteiger charge is -2.14. The number of hydrogen-bond acceptors (Lipinski definition) is 8. The summed E-state index contributed by atoms with van der Waals surface area (Å²) in [5.41, 5.74) is 3.88. The number of anilines is 1. The van der Waals surface area contributed by atoms with Crippen LogP contribution in [0.2, 0.25) is 0 Å². The van der Waals surface area contributed by atoms with Crippen LogP contribution >= 0.6 is 11.3 Å². The molecule has 2 aromatic heterocycles. The Morgan fingerprint density at radius 1 is 1.03 bits per heavy atom. The second-order valence-electron chi connectivity index (χ2n) is 7.18. The molecule has 0 aliphatic rings. The molecule has 33 heavy (non-hydrogen) atoms. The second-order valence-corrected chi connectivity index (χ2v) is 8.21. The van der Waals surface area contributed by atoms with Crippen molar-refractivity contribution >= 4 is 33.1 Å². The molecule has 0 radical (unpaired) electrons. The first-order valence-corrected chi connectivity index (χ1v) is 11.0. The van der Waals surface area contributed by atoms with Gasteiger partial charge in [-0.1, -0.05) is 0 Å². The molecule has 0 bridgehead atoms. The van der Waals surface area contributed by atoms with E-state index in [0.717, 1.165) is 26.4 Å². The van der Waals surface area contributed by atoms with Gasteiger partial charge in [0.2, 0.25) is 5.75 Å². The van der Waals surface area contributed by atoms with Gasteiger partial charge in [0, 0.05) is 35.8 Å². The first kappa shape index (κ1) is 22.5. The SMILES string of the molecule is CNCc1cc(NC(=O)c2cc(OC)c(OC)c(OC)c2)cc(-c2nc3ccncc3s2)c1. The number of benzene rings is 2. The maximum absolute atomic E-state index is 13.1. The topological polar surface area (TPSA) is 94.6 Å². The third-order valence-electron chi connectivity index (χ3n) is 5.00. The van der Waals surface area contributed by atoms with Gasteiger partial charge in [-0.2, -0.15) is 0 Å². The molecule has 0 saturated carbocycles. The van der Waals surface area contributed by atoms with Gasteiger partial charge in [-0.05, 0) is 49.0 Å². The van der Waals surface area contributed by atoms with Gasteiger partial charge >= 0.3 is 0 Å². The standard InChI is InChI=1S/C24H24N4O4S/c1-25-12-14-7-16(24-28-18-5-6-26-13-21(18)33-24)9-17(8-14)27-23(29)15-10-19(30-2)22(32-4)20(11-15)31-3/h5-11,13,25H,12H2,1-4H3,(H,27,29). The highest BCUT2D eigenvalue weighted by molar-refractivity contribution is 7.21. The van der Waals surface area contributed by atoms with Crippen molar-refractivity contribution in [2.75, 3.05) is 33.7 Å². The number of thiazole rings is 1. The zero-order valence-corrected chi connectivity index (χ0v) is 19.6. The van der Waals surface area contributed by atoms with Crippen LogP contribution in [0.1, 0.15) is 15.9 Å². The van der Waals surface area contributed by atoms with Gasteiger partial charge < -0.3 is 24.8 Å². The number of nitrogens with one attached hydrogen (secondary N) is 2. The van der Waals surface area contributed by atoms with Crippen LogP contribution in [0.5, 0.6) is 17.2 Å². The van der Waals surface area contributed by atoms with Gasteiger partial charge in [0.25, 0.3) is 5.91 Å². The number of carbonyl (C=O) groups is 1. The van der Waals surface area contributed by atoms with Gasteiger partial charge in [-0.3, -0.25) is 9.78 Å². The molecule has 9 heteroatoms. The molecule has 2 heterocycles. The Bertz CT molecular complexity index is 1250. The fraction of sp³-hybridized carbons (Fsp3) is 0.208. The van der Waals surface area contributed by atoms with Crippen LogP contribution in [0.15, 0.2) is 48.8 Å². The van der Waals surface area contributed by atoms with Crippen molar-refractivity contribution in [2.24, 2.45) is 0 Å². The molecule has 0 fully saturated rings. The summed E-state index contributed by atoms with van der Waals surface area (Å²) in [5.74, 6) is 0.958. The van der Waals surface area contributed by atoms with Gasteiger partial charge in [-0.25, -0.2) is 4.98 Å². The first-order valence-electron chi connectivity index (χ1n) is 10.2. The van der Waals surface area contributed by atoms with Crippen molar-refractivity contribution in [3.63, 3.8) is 0 Å². The minimum Gasteiger partial charge on any atom is -0.493 e. The average molecular weight is 465 g/mol. The first-order chi connectivity index (χ1) is 16.1. The zero-order valence-electron chi connectivity index (χ0n) is 18.8. The lowest BCUT2D eigenvalue weighted by atomic mass is 10.1. The number of nitrogens with zero attached hydrogens (tertiary/aromatic N) is 2. The van der Waals surface area contributed by atoms with Crippen molar-refractivity contribution in [2.45, 2.75) is 6.54 Å². The van der Waals surface area contributed by atoms with E-state index in [1.807, 2.05) is 25.2 Å². The molecule has 0 aliphatic carbocycles. The molecule has 0 unspecified atom stereocenters. The Labute approximate surface area is 195 Å². The number of methoxy groups -OCH3 is 3. The third kappa shape index (κ3) is 4.74. The Morgan fingerprint density at radius 3 is 2.42 bits per heavy atom. The lowest BCUT2D eigenvalue weighted by molar-refractivity contribution is 0.102. The molecule has 8 nitrogen and oxygen atoms in total. The van der Waals surface area contributed by atoms with Crippen LogP contribution in [-0.4, -0.2) is 44.3 Å². The predicted molar refractivity (Wildman–Crippen MR) is 130 cm³/mol. The van der Waals surface area contributed by atoms with Crippen molar-refractivity contribution in [1.82, 2.24) is 15.3 Å². The van der Waals surface area contributed by atoms with Gasteiger partial charge in [-0.15, -0.1) is 11.3 Å². The lowest BCUT2D eigenvalue weighted by Crippen LogP contribution is -2.13. The number of rotatable bonds is 8. The molecule has 1 amide bonds. The Kier molecular flexibility index (Phi) is 6.71. The number of hydrogen-bond donors (Lipinski definition) is 2. The number of pyridine rings is 1. The fourth-order valence-corrected chi connectivity index (χ4v) is 4.43. The van der Waals surface area contributed by atoms with Crippen LogP contribution < -0.4 is 24.8 Å². The number of fused-ring (bicyclic) bond motifs is 1. The van der Waals surface area contributed by atoms with Crippen LogP contribution in [0.3, 0.4) is 0 Å². The Hall–Kier alpha value is -3.69. The van der Waals surface area contributed by atoms with E-state index in [9.17, 15) is 4.79 Å². The van der Waals surface area contributed by atoms with Crippen molar-refractivity contribution in [3.05, 3.63) is 59.9 Å². The van der Waals surface area contributed by atoms with E-state index in [2.05, 4.69) is 21.7 Å². The summed E-state index contributed by atoms with van der Waals surface area (Å²) in [6.45, 7) is 0.646. The summed E-state index contributed by atoms with van der Waals surface area (Å²) < 4.78 is 17.1. The van der Waals surface area contributed by atoms with Crippen LogP contribution in [0.25, 0.3) is 20.8 Å². The van der Waals surface area contributed by atoms with Crippen molar-refractivity contribution in [1.29, 1.82) is 0 Å². The molecular weight excluding hydrogens is 440 g/mol. The van der Waals surface area contributed by atoms with E-state index in [1.165, 1.54) is 21.3 Å². The molecule has 0 aliphatic heterocycles. The van der Waals surface area contributed by atoms with Gasteiger partial charge in [0.05, 0.1) is 31.5 Å². The molecule has 170 valence electrons. The third-order valence-corrected chi connectivity index (χ3v) is 6.05. The van der Waals surface area contributed by atoms with Gasteiger partial charge in [0.15, 0.2) is 11.5 Å². The second kappa shape index (κ2) is 9.85. The molecule has 2 N–H and O–H groups in total. The fourth-order valence-electron chi connectivity index (χ4n) is 3.51. The Morgan fingerprint density at radius 2 is 1.79 bits per heavy atom. The predicted octanol–water partition coefficient (Wildman–Crippen LogP) is 4.36. The number of carbonyl (C=O) groups excluding carboxylic acids is 1. The normalized spacial score (nSPS) is 10.8. The molecule has 4 aromatic rings. The minimum absolute atomic E-state index is 0.296. The molecule has 4 rings (SSSR count). The van der Waals surface area contributed by atoms with Crippen molar-refractivity contribution < 1.29 is 19.0 Å². The van der Waals surface area contributed by atoms with Crippen LogP contribution in [0.4, 0.5) is 5.69 Å². The zero-order chi connectivity index (χ0) is 23.4. The summed E-state index contributed by atoms with van der Waals surface area (Å²) in [5, 5.41) is 7.00. The monoisotopic (exact) mass is 464 g/mol. The molecule has 0 saturated heterocycles. The van der Waals surface area contributed by atoms with E-state index in [0.29, 0.717) is 35.0 Å². The summed E-state index contributed by atoms with van der Waals surface area (Å²) >= 11 is 1.56. The van der Waals surface area contributed by atoms with Crippen molar-refractivity contribution in [3.8, 4) is 27.8 Å². The van der Waals surface area contributed by atoms with Crippen LogP contribution in [-0.2, 0) is 6.54 Å². The largest absolute Gasteiger partial charge is 0.493 e. The molecule has 0 spiro atoms. The highest BCUT2D eigenvalue weighted by Crippen LogP contribution is 2.38. The Balaban J connectivity index is 1.69. The highest BCUT2D eigenvalue weighted by Gasteiger charge is 2.18. The van der Waals surface area contributed by atoms with E-state index in [1.54, 1.807) is 35.9 Å². The molecular formula is C24H24N4O4S. The van der Waals surface area contributed by atoms with E-state index < -0.39 is 0 Å². The maximum Gasteiger partial charge on any atom is 0.255 e. The number of amides is 1. The summed E-state index contributed by atoms with van der Waals surface area (Å²) in [4.78, 5) is 22.0. The van der Waals surface area contributed by atoms with E-state index >= 15 is 0 Å². The molecule has 2 aromatic carbocycles. The van der Waals surface area contributed by atoms with Gasteiger partial charge in [0.1, 0.15) is 5.01 Å². The molecule has 0 atom stereocenters. The quantitative estimate of drug-likeness (QED) is 0.400. The van der Waals surface area contributed by atoms with Crippen LogP contribution in [0, 0.1) is 0 Å². The minimum atomic E-state index is -0.296. The van der Waals surface area contributed by atoms with E-state index in [-0.39, 0.29) is 5.91 Å². The summed E-state index contributed by atoms with van der Waals surface area (Å²) in [6.07, 6.45) is 3.54. The highest BCUT2D eigenvalue weighted by atomic mass is 32.1. The van der Waals surface area contributed by atoms with E-state index in [4.69, 9.17) is 19.2 Å². The summed E-state index contributed by atoms with van der Waals surface area (Å²) in [7, 11) is 6.43. The number of ether oxygens (including phenoxy) is 3. The number of aromatic nitrogens is 2.